The van der Waals surface area contributed by atoms with E-state index < -0.39 is 0 Å². The molecule has 0 spiro atoms. The highest BCUT2D eigenvalue weighted by Crippen LogP contribution is 2.29. The van der Waals surface area contributed by atoms with Crippen LogP contribution in [0.25, 0.3) is 0 Å². The van der Waals surface area contributed by atoms with E-state index in [1.807, 2.05) is 25.1 Å². The smallest absolute Gasteiger partial charge is 0.161 e. The van der Waals surface area contributed by atoms with E-state index in [9.17, 15) is 9.50 Å². The molecule has 2 rings (SSSR count). The second-order valence-corrected chi connectivity index (χ2v) is 5.57. The van der Waals surface area contributed by atoms with Gasteiger partial charge in [-0.1, -0.05) is 25.1 Å². The highest BCUT2D eigenvalue weighted by Gasteiger charge is 2.08. The zero-order chi connectivity index (χ0) is 17.4. The summed E-state index contributed by atoms with van der Waals surface area (Å²) in [5, 5.41) is 12.5. The molecular formula is C19H25ClFNO3. The molecule has 0 bridgehead atoms. The summed E-state index contributed by atoms with van der Waals surface area (Å²) >= 11 is 0. The lowest BCUT2D eigenvalue weighted by Crippen LogP contribution is -2.31. The molecule has 2 aromatic rings. The van der Waals surface area contributed by atoms with Crippen LogP contribution >= 0.6 is 12.4 Å². The Morgan fingerprint density at radius 3 is 2.36 bits per heavy atom. The number of benzene rings is 2. The van der Waals surface area contributed by atoms with Gasteiger partial charge in [0.1, 0.15) is 12.4 Å². The molecule has 0 saturated heterocycles. The average molecular weight is 370 g/mol. The van der Waals surface area contributed by atoms with Gasteiger partial charge in [0.05, 0.1) is 13.7 Å². The largest absolute Gasteiger partial charge is 0.493 e. The number of methoxy groups -OCH3 is 1. The maximum Gasteiger partial charge on any atom is 0.161 e. The van der Waals surface area contributed by atoms with Gasteiger partial charge in [0.15, 0.2) is 11.5 Å². The van der Waals surface area contributed by atoms with Gasteiger partial charge in [-0.25, -0.2) is 4.39 Å². The van der Waals surface area contributed by atoms with E-state index in [4.69, 9.17) is 9.47 Å². The van der Waals surface area contributed by atoms with E-state index in [0.717, 1.165) is 17.5 Å². The lowest BCUT2D eigenvalue weighted by atomic mass is 10.1. The molecule has 0 aliphatic rings. The second kappa shape index (κ2) is 10.9. The van der Waals surface area contributed by atoms with Gasteiger partial charge in [-0.2, -0.15) is 0 Å². The molecule has 1 unspecified atom stereocenters. The Labute approximate surface area is 154 Å². The third-order valence-corrected chi connectivity index (χ3v) is 3.84. The fourth-order valence-corrected chi connectivity index (χ4v) is 2.28. The van der Waals surface area contributed by atoms with Crippen molar-refractivity contribution in [2.45, 2.75) is 32.5 Å². The van der Waals surface area contributed by atoms with Gasteiger partial charge in [0, 0.05) is 12.6 Å². The van der Waals surface area contributed by atoms with Crippen LogP contribution < -0.4 is 14.8 Å². The summed E-state index contributed by atoms with van der Waals surface area (Å²) in [6, 6.07) is 12.0. The van der Waals surface area contributed by atoms with Crippen LogP contribution in [0.5, 0.6) is 11.5 Å². The summed E-state index contributed by atoms with van der Waals surface area (Å²) in [4.78, 5) is 0. The first-order valence-electron chi connectivity index (χ1n) is 8.04. The minimum absolute atomic E-state index is 0. The third kappa shape index (κ3) is 6.53. The maximum absolute atomic E-state index is 12.9. The highest BCUT2D eigenvalue weighted by molar-refractivity contribution is 5.85. The summed E-state index contributed by atoms with van der Waals surface area (Å²) in [5.41, 5.74) is 1.94. The number of aliphatic hydroxyl groups excluding tert-OH is 1. The first kappa shape index (κ1) is 21.2. The summed E-state index contributed by atoms with van der Waals surface area (Å²) in [5.74, 6) is 1.02. The lowest BCUT2D eigenvalue weighted by molar-refractivity contribution is 0.238. The van der Waals surface area contributed by atoms with Crippen molar-refractivity contribution in [2.75, 3.05) is 13.7 Å². The zero-order valence-corrected chi connectivity index (χ0v) is 15.3. The molecule has 0 saturated carbocycles. The molecule has 0 aliphatic carbocycles. The standard InChI is InChI=1S/C19H24FNO3.ClH/c1-3-17(12-22)21-11-15-6-9-18(19(10-15)23-2)24-13-14-4-7-16(20)8-5-14;/h4-10,17,21-22H,3,11-13H2,1-2H3;1H. The van der Waals surface area contributed by atoms with Crippen molar-refractivity contribution in [3.63, 3.8) is 0 Å². The predicted molar refractivity (Wildman–Crippen MR) is 99.0 cm³/mol. The van der Waals surface area contributed by atoms with Crippen molar-refractivity contribution in [3.05, 3.63) is 59.4 Å². The molecule has 1 atom stereocenters. The van der Waals surface area contributed by atoms with E-state index >= 15 is 0 Å². The van der Waals surface area contributed by atoms with Crippen molar-refractivity contribution < 1.29 is 19.0 Å². The Balaban J connectivity index is 0.00000312. The SMILES string of the molecule is CCC(CO)NCc1ccc(OCc2ccc(F)cc2)c(OC)c1.Cl. The van der Waals surface area contributed by atoms with Crippen LogP contribution in [0.15, 0.2) is 42.5 Å². The molecule has 0 amide bonds. The van der Waals surface area contributed by atoms with Crippen LogP contribution in [-0.4, -0.2) is 24.9 Å². The number of aliphatic hydroxyl groups is 1. The van der Waals surface area contributed by atoms with Crippen molar-refractivity contribution in [2.24, 2.45) is 0 Å². The average Bonchev–Trinajstić information content (AvgIpc) is 2.62. The van der Waals surface area contributed by atoms with Crippen LogP contribution in [0.2, 0.25) is 0 Å². The molecular weight excluding hydrogens is 345 g/mol. The maximum atomic E-state index is 12.9. The van der Waals surface area contributed by atoms with Gasteiger partial charge >= 0.3 is 0 Å². The lowest BCUT2D eigenvalue weighted by Gasteiger charge is -2.16. The first-order chi connectivity index (χ1) is 11.7. The van der Waals surface area contributed by atoms with Crippen LogP contribution in [0.1, 0.15) is 24.5 Å². The van der Waals surface area contributed by atoms with Gasteiger partial charge in [-0.15, -0.1) is 12.4 Å². The normalized spacial score (nSPS) is 11.5. The zero-order valence-electron chi connectivity index (χ0n) is 14.5. The Kier molecular flexibility index (Phi) is 9.27. The van der Waals surface area contributed by atoms with E-state index in [1.165, 1.54) is 12.1 Å². The van der Waals surface area contributed by atoms with E-state index in [1.54, 1.807) is 19.2 Å². The van der Waals surface area contributed by atoms with E-state index in [2.05, 4.69) is 5.32 Å². The van der Waals surface area contributed by atoms with E-state index in [0.29, 0.717) is 24.7 Å². The number of rotatable bonds is 9. The summed E-state index contributed by atoms with van der Waals surface area (Å²) < 4.78 is 24.1. The predicted octanol–water partition coefficient (Wildman–Crippen LogP) is 3.70. The van der Waals surface area contributed by atoms with Gasteiger partial charge in [-0.3, -0.25) is 0 Å². The third-order valence-electron chi connectivity index (χ3n) is 3.84. The Morgan fingerprint density at radius 2 is 1.76 bits per heavy atom. The molecule has 4 nitrogen and oxygen atoms in total. The van der Waals surface area contributed by atoms with E-state index in [-0.39, 0.29) is 30.9 Å². The molecule has 0 aromatic heterocycles. The van der Waals surface area contributed by atoms with Gasteiger partial charge < -0.3 is 19.9 Å². The molecule has 25 heavy (non-hydrogen) atoms. The summed E-state index contributed by atoms with van der Waals surface area (Å²) in [6.07, 6.45) is 0.868. The van der Waals surface area contributed by atoms with Crippen molar-refractivity contribution >= 4 is 12.4 Å². The molecule has 0 fully saturated rings. The fourth-order valence-electron chi connectivity index (χ4n) is 2.28. The van der Waals surface area contributed by atoms with Gasteiger partial charge in [-0.05, 0) is 41.8 Å². The molecule has 138 valence electrons. The number of hydrogen-bond donors (Lipinski definition) is 2. The molecule has 0 aliphatic heterocycles. The molecule has 2 aromatic carbocycles. The van der Waals surface area contributed by atoms with Crippen LogP contribution in [0.4, 0.5) is 4.39 Å². The second-order valence-electron chi connectivity index (χ2n) is 5.57. The number of hydrogen-bond acceptors (Lipinski definition) is 4. The Hall–Kier alpha value is -1.82. The Morgan fingerprint density at radius 1 is 1.08 bits per heavy atom. The minimum atomic E-state index is -0.263. The highest BCUT2D eigenvalue weighted by atomic mass is 35.5. The van der Waals surface area contributed by atoms with Crippen molar-refractivity contribution in [1.29, 1.82) is 0 Å². The summed E-state index contributed by atoms with van der Waals surface area (Å²) in [7, 11) is 1.60. The van der Waals surface area contributed by atoms with Crippen LogP contribution in [0, 0.1) is 5.82 Å². The minimum Gasteiger partial charge on any atom is -0.493 e. The molecule has 0 radical (unpaired) electrons. The Bertz CT molecular complexity index is 633. The number of halogens is 2. The van der Waals surface area contributed by atoms with Gasteiger partial charge in [0.25, 0.3) is 0 Å². The van der Waals surface area contributed by atoms with Crippen LogP contribution in [0.3, 0.4) is 0 Å². The first-order valence-corrected chi connectivity index (χ1v) is 8.04. The van der Waals surface area contributed by atoms with Gasteiger partial charge in [0.2, 0.25) is 0 Å². The fraction of sp³-hybridized carbons (Fsp3) is 0.368. The number of nitrogens with one attached hydrogen (secondary N) is 1. The molecule has 0 heterocycles. The topological polar surface area (TPSA) is 50.7 Å². The quantitative estimate of drug-likeness (QED) is 0.707. The van der Waals surface area contributed by atoms with Crippen LogP contribution in [-0.2, 0) is 13.2 Å². The number of ether oxygens (including phenoxy) is 2. The van der Waals surface area contributed by atoms with Crippen molar-refractivity contribution in [3.8, 4) is 11.5 Å². The molecule has 2 N–H and O–H groups in total. The molecule has 6 heteroatoms. The van der Waals surface area contributed by atoms with Crippen molar-refractivity contribution in [1.82, 2.24) is 5.32 Å². The summed E-state index contributed by atoms with van der Waals surface area (Å²) in [6.45, 7) is 3.14. The monoisotopic (exact) mass is 369 g/mol.